The van der Waals surface area contributed by atoms with E-state index in [9.17, 15) is 4.79 Å². The third-order valence-corrected chi connectivity index (χ3v) is 3.91. The van der Waals surface area contributed by atoms with Crippen molar-refractivity contribution in [2.75, 3.05) is 5.43 Å². The predicted molar refractivity (Wildman–Crippen MR) is 97.3 cm³/mol. The van der Waals surface area contributed by atoms with Crippen molar-refractivity contribution in [2.45, 2.75) is 19.8 Å². The van der Waals surface area contributed by atoms with E-state index < -0.39 is 0 Å². The number of nitriles is 1. The zero-order valence-corrected chi connectivity index (χ0v) is 13.8. The number of hydrogen-bond donors (Lipinski definition) is 2. The molecule has 0 aromatic heterocycles. The SMILES string of the molecule is CC(=NNc1ccc(C2=NNC(=O)CC2)cc1)c1ccccc1C#N. The van der Waals surface area contributed by atoms with Gasteiger partial charge in [-0.05, 0) is 30.7 Å². The van der Waals surface area contributed by atoms with Crippen LogP contribution < -0.4 is 10.9 Å². The average molecular weight is 331 g/mol. The molecular weight excluding hydrogens is 314 g/mol. The van der Waals surface area contributed by atoms with Gasteiger partial charge in [0.15, 0.2) is 0 Å². The smallest absolute Gasteiger partial charge is 0.240 e. The van der Waals surface area contributed by atoms with Gasteiger partial charge in [-0.2, -0.15) is 15.5 Å². The van der Waals surface area contributed by atoms with Crippen molar-refractivity contribution >= 4 is 23.0 Å². The highest BCUT2D eigenvalue weighted by atomic mass is 16.2. The summed E-state index contributed by atoms with van der Waals surface area (Å²) in [6.07, 6.45) is 1.10. The largest absolute Gasteiger partial charge is 0.278 e. The van der Waals surface area contributed by atoms with E-state index in [1.165, 1.54) is 0 Å². The fraction of sp³-hybridized carbons (Fsp3) is 0.158. The number of rotatable bonds is 4. The van der Waals surface area contributed by atoms with Crippen LogP contribution in [0.4, 0.5) is 5.69 Å². The molecule has 1 aliphatic rings. The number of nitrogens with one attached hydrogen (secondary N) is 2. The van der Waals surface area contributed by atoms with Crippen molar-refractivity contribution in [3.8, 4) is 6.07 Å². The molecule has 2 aromatic rings. The summed E-state index contributed by atoms with van der Waals surface area (Å²) in [7, 11) is 0. The lowest BCUT2D eigenvalue weighted by Gasteiger charge is -2.12. The average Bonchev–Trinajstić information content (AvgIpc) is 2.67. The van der Waals surface area contributed by atoms with Gasteiger partial charge in [0.2, 0.25) is 5.91 Å². The predicted octanol–water partition coefficient (Wildman–Crippen LogP) is 3.01. The molecular formula is C19H17N5O. The van der Waals surface area contributed by atoms with Gasteiger partial charge >= 0.3 is 0 Å². The Hall–Kier alpha value is -3.46. The third-order valence-electron chi connectivity index (χ3n) is 3.91. The highest BCUT2D eigenvalue weighted by Gasteiger charge is 2.12. The van der Waals surface area contributed by atoms with Crippen LogP contribution >= 0.6 is 0 Å². The summed E-state index contributed by atoms with van der Waals surface area (Å²) >= 11 is 0. The van der Waals surface area contributed by atoms with Gasteiger partial charge in [-0.1, -0.05) is 30.3 Å². The van der Waals surface area contributed by atoms with Gasteiger partial charge in [0.05, 0.1) is 28.7 Å². The molecule has 2 aromatic carbocycles. The Morgan fingerprint density at radius 2 is 1.96 bits per heavy atom. The number of amides is 1. The van der Waals surface area contributed by atoms with E-state index in [1.54, 1.807) is 6.07 Å². The molecule has 0 aliphatic carbocycles. The zero-order chi connectivity index (χ0) is 17.6. The highest BCUT2D eigenvalue weighted by Crippen LogP contribution is 2.15. The quantitative estimate of drug-likeness (QED) is 0.666. The van der Waals surface area contributed by atoms with Gasteiger partial charge < -0.3 is 0 Å². The molecule has 0 bridgehead atoms. The topological polar surface area (TPSA) is 89.6 Å². The Kier molecular flexibility index (Phi) is 4.86. The highest BCUT2D eigenvalue weighted by molar-refractivity contribution is 6.04. The molecule has 1 amide bonds. The summed E-state index contributed by atoms with van der Waals surface area (Å²) < 4.78 is 0. The van der Waals surface area contributed by atoms with Crippen LogP contribution in [0.2, 0.25) is 0 Å². The molecule has 0 atom stereocenters. The van der Waals surface area contributed by atoms with Gasteiger partial charge in [-0.15, -0.1) is 0 Å². The first-order valence-corrected chi connectivity index (χ1v) is 7.93. The van der Waals surface area contributed by atoms with Gasteiger partial charge in [-0.3, -0.25) is 10.2 Å². The maximum atomic E-state index is 11.1. The molecule has 0 saturated heterocycles. The first-order chi connectivity index (χ1) is 12.2. The lowest BCUT2D eigenvalue weighted by molar-refractivity contribution is -0.121. The molecule has 0 unspecified atom stereocenters. The second kappa shape index (κ2) is 7.41. The molecule has 0 fully saturated rings. The Balaban J connectivity index is 1.71. The van der Waals surface area contributed by atoms with E-state index in [4.69, 9.17) is 5.26 Å². The van der Waals surface area contributed by atoms with Crippen molar-refractivity contribution in [3.63, 3.8) is 0 Å². The summed E-state index contributed by atoms with van der Waals surface area (Å²) in [5.41, 5.74) is 10.3. The van der Waals surface area contributed by atoms with Crippen molar-refractivity contribution in [1.29, 1.82) is 5.26 Å². The van der Waals surface area contributed by atoms with Gasteiger partial charge in [0.1, 0.15) is 0 Å². The van der Waals surface area contributed by atoms with Crippen LogP contribution in [0.25, 0.3) is 0 Å². The molecule has 6 heteroatoms. The Labute approximate surface area is 145 Å². The minimum atomic E-state index is -0.0514. The molecule has 2 N–H and O–H groups in total. The fourth-order valence-electron chi connectivity index (χ4n) is 2.52. The molecule has 0 saturated carbocycles. The summed E-state index contributed by atoms with van der Waals surface area (Å²) in [5.74, 6) is -0.0514. The second-order valence-corrected chi connectivity index (χ2v) is 5.64. The minimum Gasteiger partial charge on any atom is -0.278 e. The van der Waals surface area contributed by atoms with E-state index in [0.29, 0.717) is 18.4 Å². The maximum Gasteiger partial charge on any atom is 0.240 e. The number of hydrogen-bond acceptors (Lipinski definition) is 5. The number of carbonyl (C=O) groups excluding carboxylic acids is 1. The number of hydrazone groups is 2. The molecule has 124 valence electrons. The Morgan fingerprint density at radius 1 is 1.20 bits per heavy atom. The molecule has 25 heavy (non-hydrogen) atoms. The summed E-state index contributed by atoms with van der Waals surface area (Å²) in [4.78, 5) is 11.1. The Morgan fingerprint density at radius 3 is 2.64 bits per heavy atom. The van der Waals surface area contributed by atoms with Gasteiger partial charge in [-0.25, -0.2) is 5.43 Å². The standard InChI is InChI=1S/C19H17N5O/c1-13(17-5-3-2-4-15(17)12-20)21-22-16-8-6-14(7-9-16)18-10-11-19(25)24-23-18/h2-9,22H,10-11H2,1H3,(H,24,25). The lowest BCUT2D eigenvalue weighted by atomic mass is 10.0. The number of carbonyl (C=O) groups is 1. The van der Waals surface area contributed by atoms with E-state index >= 15 is 0 Å². The van der Waals surface area contributed by atoms with E-state index in [-0.39, 0.29) is 5.91 Å². The van der Waals surface area contributed by atoms with Crippen LogP contribution in [0.15, 0.2) is 58.7 Å². The molecule has 6 nitrogen and oxygen atoms in total. The molecule has 3 rings (SSSR count). The molecule has 0 radical (unpaired) electrons. The van der Waals surface area contributed by atoms with Gasteiger partial charge in [0, 0.05) is 18.4 Å². The first-order valence-electron chi connectivity index (χ1n) is 7.93. The van der Waals surface area contributed by atoms with Crippen molar-refractivity contribution < 1.29 is 4.79 Å². The second-order valence-electron chi connectivity index (χ2n) is 5.64. The first kappa shape index (κ1) is 16.4. The van der Waals surface area contributed by atoms with Crippen LogP contribution in [0, 0.1) is 11.3 Å². The monoisotopic (exact) mass is 331 g/mol. The zero-order valence-electron chi connectivity index (χ0n) is 13.8. The normalized spacial score (nSPS) is 14.3. The van der Waals surface area contributed by atoms with Crippen LogP contribution in [-0.4, -0.2) is 17.3 Å². The van der Waals surface area contributed by atoms with Crippen LogP contribution in [-0.2, 0) is 4.79 Å². The minimum absolute atomic E-state index is 0.0514. The Bertz CT molecular complexity index is 891. The van der Waals surface area contributed by atoms with Crippen LogP contribution in [0.1, 0.15) is 36.5 Å². The number of anilines is 1. The van der Waals surface area contributed by atoms with E-state index in [2.05, 4.69) is 27.1 Å². The fourth-order valence-corrected chi connectivity index (χ4v) is 2.52. The number of nitrogens with zero attached hydrogens (tertiary/aromatic N) is 3. The van der Waals surface area contributed by atoms with E-state index in [0.717, 1.165) is 28.2 Å². The van der Waals surface area contributed by atoms with Crippen molar-refractivity contribution in [1.82, 2.24) is 5.43 Å². The lowest BCUT2D eigenvalue weighted by Crippen LogP contribution is -2.25. The molecule has 1 aliphatic heterocycles. The maximum absolute atomic E-state index is 11.1. The summed E-state index contributed by atoms with van der Waals surface area (Å²) in [6.45, 7) is 1.86. The number of benzene rings is 2. The van der Waals surface area contributed by atoms with Crippen LogP contribution in [0.5, 0.6) is 0 Å². The van der Waals surface area contributed by atoms with Crippen LogP contribution in [0.3, 0.4) is 0 Å². The third kappa shape index (κ3) is 3.90. The van der Waals surface area contributed by atoms with E-state index in [1.807, 2.05) is 49.4 Å². The van der Waals surface area contributed by atoms with Crippen molar-refractivity contribution in [3.05, 3.63) is 65.2 Å². The molecule has 1 heterocycles. The molecule has 0 spiro atoms. The summed E-state index contributed by atoms with van der Waals surface area (Å²) in [5, 5.41) is 17.6. The summed E-state index contributed by atoms with van der Waals surface area (Å²) in [6, 6.07) is 17.2. The van der Waals surface area contributed by atoms with Gasteiger partial charge in [0.25, 0.3) is 0 Å². The van der Waals surface area contributed by atoms with Crippen molar-refractivity contribution in [2.24, 2.45) is 10.2 Å².